The van der Waals surface area contributed by atoms with E-state index in [-0.39, 0.29) is 11.8 Å². The summed E-state index contributed by atoms with van der Waals surface area (Å²) >= 11 is 0. The van der Waals surface area contributed by atoms with E-state index in [1.54, 1.807) is 6.20 Å². The lowest BCUT2D eigenvalue weighted by Crippen LogP contribution is -2.40. The summed E-state index contributed by atoms with van der Waals surface area (Å²) in [6.45, 7) is 0.760. The third-order valence-corrected chi connectivity index (χ3v) is 6.26. The summed E-state index contributed by atoms with van der Waals surface area (Å²) in [5, 5.41) is 2.95. The van der Waals surface area contributed by atoms with Gasteiger partial charge in [0.05, 0.1) is 11.9 Å². The SMILES string of the molecule is CS(=O)(=O)N1CCC(C(=O)Nc2cccc(-c3cn4cccnc4n3)c2)CC1. The number of rotatable bonds is 4. The van der Waals surface area contributed by atoms with Gasteiger partial charge in [0.25, 0.3) is 0 Å². The van der Waals surface area contributed by atoms with Gasteiger partial charge in [0.2, 0.25) is 21.7 Å². The molecule has 28 heavy (non-hydrogen) atoms. The second kappa shape index (κ2) is 7.33. The largest absolute Gasteiger partial charge is 0.326 e. The standard InChI is InChI=1S/C19H21N5O3S/c1-28(26,27)24-10-6-14(7-11-24)18(25)21-16-5-2-4-15(12-16)17-13-23-9-3-8-20-19(23)22-17/h2-5,8-9,12-14H,6-7,10-11H2,1H3,(H,21,25). The Balaban J connectivity index is 1.46. The van der Waals surface area contributed by atoms with E-state index in [1.807, 2.05) is 47.1 Å². The zero-order valence-corrected chi connectivity index (χ0v) is 16.3. The van der Waals surface area contributed by atoms with Gasteiger partial charge in [-0.15, -0.1) is 0 Å². The number of fused-ring (bicyclic) bond motifs is 1. The Morgan fingerprint density at radius 1 is 1.21 bits per heavy atom. The number of carbonyl (C=O) groups is 1. The van der Waals surface area contributed by atoms with E-state index >= 15 is 0 Å². The Kier molecular flexibility index (Phi) is 4.86. The molecule has 3 aromatic rings. The number of nitrogens with zero attached hydrogens (tertiary/aromatic N) is 4. The van der Waals surface area contributed by atoms with Gasteiger partial charge in [-0.25, -0.2) is 22.7 Å². The maximum absolute atomic E-state index is 12.6. The number of piperidine rings is 1. The highest BCUT2D eigenvalue weighted by Gasteiger charge is 2.28. The van der Waals surface area contributed by atoms with E-state index in [9.17, 15) is 13.2 Å². The molecule has 1 saturated heterocycles. The third-order valence-electron chi connectivity index (χ3n) is 4.96. The first kappa shape index (κ1) is 18.6. The van der Waals surface area contributed by atoms with Gasteiger partial charge in [-0.2, -0.15) is 0 Å². The van der Waals surface area contributed by atoms with Crippen LogP contribution >= 0.6 is 0 Å². The summed E-state index contributed by atoms with van der Waals surface area (Å²) in [5.74, 6) is 0.340. The Bertz CT molecular complexity index is 1080. The molecular formula is C19H21N5O3S. The number of imidazole rings is 1. The summed E-state index contributed by atoms with van der Waals surface area (Å²) < 4.78 is 26.5. The molecule has 1 fully saturated rings. The van der Waals surface area contributed by atoms with Crippen molar-refractivity contribution in [3.63, 3.8) is 0 Å². The van der Waals surface area contributed by atoms with Gasteiger partial charge >= 0.3 is 0 Å². The van der Waals surface area contributed by atoms with Crippen LogP contribution in [-0.4, -0.2) is 52.3 Å². The molecule has 9 heteroatoms. The van der Waals surface area contributed by atoms with Gasteiger partial charge < -0.3 is 5.32 Å². The second-order valence-corrected chi connectivity index (χ2v) is 8.94. The Morgan fingerprint density at radius 3 is 2.71 bits per heavy atom. The zero-order valence-electron chi connectivity index (χ0n) is 15.4. The molecule has 1 N–H and O–H groups in total. The molecule has 2 aromatic heterocycles. The zero-order chi connectivity index (χ0) is 19.7. The highest BCUT2D eigenvalue weighted by atomic mass is 32.2. The van der Waals surface area contributed by atoms with Crippen LogP contribution in [-0.2, 0) is 14.8 Å². The molecule has 0 radical (unpaired) electrons. The smallest absolute Gasteiger partial charge is 0.234 e. The molecule has 1 amide bonds. The number of aromatic nitrogens is 3. The molecule has 0 saturated carbocycles. The van der Waals surface area contributed by atoms with E-state index < -0.39 is 10.0 Å². The number of benzene rings is 1. The number of sulfonamides is 1. The predicted octanol–water partition coefficient (Wildman–Crippen LogP) is 2.01. The lowest BCUT2D eigenvalue weighted by atomic mass is 9.97. The van der Waals surface area contributed by atoms with Gasteiger partial charge in [-0.05, 0) is 31.0 Å². The van der Waals surface area contributed by atoms with Crippen LogP contribution in [0.5, 0.6) is 0 Å². The molecule has 1 aliphatic heterocycles. The van der Waals surface area contributed by atoms with Gasteiger partial charge in [0.15, 0.2) is 0 Å². The van der Waals surface area contributed by atoms with E-state index in [0.717, 1.165) is 11.3 Å². The van der Waals surface area contributed by atoms with Crippen molar-refractivity contribution < 1.29 is 13.2 Å². The Hall–Kier alpha value is -2.78. The summed E-state index contributed by atoms with van der Waals surface area (Å²) in [6, 6.07) is 9.35. The molecule has 0 spiro atoms. The van der Waals surface area contributed by atoms with Crippen molar-refractivity contribution in [1.29, 1.82) is 0 Å². The molecule has 1 aliphatic rings. The van der Waals surface area contributed by atoms with Crippen LogP contribution < -0.4 is 5.32 Å². The fraction of sp³-hybridized carbons (Fsp3) is 0.316. The number of hydrogen-bond acceptors (Lipinski definition) is 5. The fourth-order valence-electron chi connectivity index (χ4n) is 3.42. The molecule has 0 atom stereocenters. The fourth-order valence-corrected chi connectivity index (χ4v) is 4.29. The molecule has 3 heterocycles. The van der Waals surface area contributed by atoms with Crippen LogP contribution in [0.1, 0.15) is 12.8 Å². The van der Waals surface area contributed by atoms with Crippen molar-refractivity contribution in [2.24, 2.45) is 5.92 Å². The first-order valence-corrected chi connectivity index (χ1v) is 10.9. The van der Waals surface area contributed by atoms with Crippen molar-refractivity contribution in [3.05, 3.63) is 48.9 Å². The summed E-state index contributed by atoms with van der Waals surface area (Å²) in [5.41, 5.74) is 2.35. The highest BCUT2D eigenvalue weighted by molar-refractivity contribution is 7.88. The molecule has 1 aromatic carbocycles. The predicted molar refractivity (Wildman–Crippen MR) is 106 cm³/mol. The van der Waals surface area contributed by atoms with Gasteiger partial charge in [-0.1, -0.05) is 12.1 Å². The van der Waals surface area contributed by atoms with Crippen molar-refractivity contribution >= 4 is 27.4 Å². The molecule has 0 bridgehead atoms. The lowest BCUT2D eigenvalue weighted by molar-refractivity contribution is -0.120. The number of amides is 1. The van der Waals surface area contributed by atoms with Crippen LogP contribution in [0.15, 0.2) is 48.9 Å². The number of anilines is 1. The van der Waals surface area contributed by atoms with Crippen LogP contribution in [0.2, 0.25) is 0 Å². The van der Waals surface area contributed by atoms with Crippen LogP contribution in [0.25, 0.3) is 17.0 Å². The van der Waals surface area contributed by atoms with Crippen molar-refractivity contribution in [1.82, 2.24) is 18.7 Å². The number of hydrogen-bond donors (Lipinski definition) is 1. The van der Waals surface area contributed by atoms with E-state index in [2.05, 4.69) is 15.3 Å². The van der Waals surface area contributed by atoms with E-state index in [1.165, 1.54) is 10.6 Å². The number of nitrogens with one attached hydrogen (secondary N) is 1. The highest BCUT2D eigenvalue weighted by Crippen LogP contribution is 2.24. The molecule has 8 nitrogen and oxygen atoms in total. The van der Waals surface area contributed by atoms with E-state index in [0.29, 0.717) is 37.4 Å². The monoisotopic (exact) mass is 399 g/mol. The quantitative estimate of drug-likeness (QED) is 0.724. The summed E-state index contributed by atoms with van der Waals surface area (Å²) in [6.07, 6.45) is 7.72. The molecule has 0 aliphatic carbocycles. The van der Waals surface area contributed by atoms with Crippen LogP contribution in [0.4, 0.5) is 5.69 Å². The minimum absolute atomic E-state index is 0.0815. The topological polar surface area (TPSA) is 96.7 Å². The normalized spacial score (nSPS) is 16.3. The lowest BCUT2D eigenvalue weighted by Gasteiger charge is -2.29. The average Bonchev–Trinajstić information content (AvgIpc) is 3.12. The van der Waals surface area contributed by atoms with Crippen LogP contribution in [0, 0.1) is 5.92 Å². The Labute approximate surface area is 163 Å². The minimum atomic E-state index is -3.19. The maximum Gasteiger partial charge on any atom is 0.234 e. The maximum atomic E-state index is 12.6. The number of carbonyl (C=O) groups excluding carboxylic acids is 1. The summed E-state index contributed by atoms with van der Waals surface area (Å²) in [4.78, 5) is 21.3. The third kappa shape index (κ3) is 3.90. The first-order valence-electron chi connectivity index (χ1n) is 9.06. The van der Waals surface area contributed by atoms with Gasteiger partial charge in [-0.3, -0.25) is 9.20 Å². The van der Waals surface area contributed by atoms with Crippen molar-refractivity contribution in [2.75, 3.05) is 24.7 Å². The van der Waals surface area contributed by atoms with Crippen molar-refractivity contribution in [3.8, 4) is 11.3 Å². The average molecular weight is 399 g/mol. The summed E-state index contributed by atoms with van der Waals surface area (Å²) in [7, 11) is -3.19. The molecular weight excluding hydrogens is 378 g/mol. The molecule has 0 unspecified atom stereocenters. The van der Waals surface area contributed by atoms with Crippen LogP contribution in [0.3, 0.4) is 0 Å². The molecule has 146 valence electrons. The van der Waals surface area contributed by atoms with Gasteiger partial charge in [0.1, 0.15) is 0 Å². The van der Waals surface area contributed by atoms with Gasteiger partial charge in [0, 0.05) is 48.8 Å². The first-order chi connectivity index (χ1) is 13.4. The van der Waals surface area contributed by atoms with Crippen molar-refractivity contribution in [2.45, 2.75) is 12.8 Å². The minimum Gasteiger partial charge on any atom is -0.326 e. The van der Waals surface area contributed by atoms with E-state index in [4.69, 9.17) is 0 Å². The Morgan fingerprint density at radius 2 is 2.00 bits per heavy atom. The second-order valence-electron chi connectivity index (χ2n) is 6.96. The molecule has 4 rings (SSSR count).